The van der Waals surface area contributed by atoms with E-state index in [1.165, 1.54) is 12.0 Å². The first-order valence-corrected chi connectivity index (χ1v) is 5.25. The van der Waals surface area contributed by atoms with Gasteiger partial charge in [0, 0.05) is 0 Å². The molecule has 0 radical (unpaired) electrons. The maximum absolute atomic E-state index is 2.34. The molecule has 0 nitrogen and oxygen atoms in total. The van der Waals surface area contributed by atoms with Crippen LogP contribution in [-0.2, 0) is 0 Å². The maximum atomic E-state index is 2.34. The molecule has 76 valence electrons. The lowest BCUT2D eigenvalue weighted by atomic mass is 9.74. The first-order valence-electron chi connectivity index (χ1n) is 5.25. The second-order valence-corrected chi connectivity index (χ2v) is 4.50. The van der Waals surface area contributed by atoms with Gasteiger partial charge < -0.3 is 0 Å². The van der Waals surface area contributed by atoms with Gasteiger partial charge in [-0.3, -0.25) is 0 Å². The fourth-order valence-corrected chi connectivity index (χ4v) is 1.31. The first kappa shape index (κ1) is 12.5. The Labute approximate surface area is 83.7 Å². The minimum atomic E-state index is 0.419. The van der Waals surface area contributed by atoms with E-state index in [1.807, 2.05) is 0 Å². The average Bonchev–Trinajstić information content (AvgIpc) is 2.12. The highest BCUT2D eigenvalue weighted by molar-refractivity contribution is 5.14. The van der Waals surface area contributed by atoms with Crippen LogP contribution in [0.4, 0.5) is 0 Å². The van der Waals surface area contributed by atoms with Crippen molar-refractivity contribution in [2.24, 2.45) is 11.3 Å². The van der Waals surface area contributed by atoms with Crippen molar-refractivity contribution in [3.8, 4) is 0 Å². The molecular formula is C13H24. The van der Waals surface area contributed by atoms with E-state index in [2.05, 4.69) is 59.8 Å². The lowest BCUT2D eigenvalue weighted by Crippen LogP contribution is -2.21. The summed E-state index contributed by atoms with van der Waals surface area (Å²) in [6.45, 7) is 13.5. The molecule has 13 heavy (non-hydrogen) atoms. The monoisotopic (exact) mass is 180 g/mol. The van der Waals surface area contributed by atoms with Crippen LogP contribution in [0.5, 0.6) is 0 Å². The molecule has 0 aromatic carbocycles. The summed E-state index contributed by atoms with van der Waals surface area (Å²) >= 11 is 0. The lowest BCUT2D eigenvalue weighted by molar-refractivity contribution is 0.255. The van der Waals surface area contributed by atoms with Gasteiger partial charge in [0.25, 0.3) is 0 Å². The van der Waals surface area contributed by atoms with E-state index in [-0.39, 0.29) is 0 Å². The van der Waals surface area contributed by atoms with Gasteiger partial charge in [-0.15, -0.1) is 0 Å². The second kappa shape index (κ2) is 5.26. The van der Waals surface area contributed by atoms with Crippen molar-refractivity contribution in [1.82, 2.24) is 0 Å². The second-order valence-electron chi connectivity index (χ2n) is 4.50. The van der Waals surface area contributed by atoms with Gasteiger partial charge in [-0.05, 0) is 25.2 Å². The highest BCUT2D eigenvalue weighted by Gasteiger charge is 2.24. The Morgan fingerprint density at radius 2 is 1.92 bits per heavy atom. The molecule has 1 unspecified atom stereocenters. The van der Waals surface area contributed by atoms with Gasteiger partial charge in [0.15, 0.2) is 0 Å². The molecule has 0 aliphatic carbocycles. The molecule has 0 amide bonds. The molecule has 0 aliphatic rings. The summed E-state index contributed by atoms with van der Waals surface area (Å²) in [4.78, 5) is 0. The van der Waals surface area contributed by atoms with Crippen LogP contribution in [0, 0.1) is 11.3 Å². The van der Waals surface area contributed by atoms with Gasteiger partial charge in [0.05, 0.1) is 0 Å². The van der Waals surface area contributed by atoms with Crippen molar-refractivity contribution < 1.29 is 0 Å². The van der Waals surface area contributed by atoms with E-state index in [1.54, 1.807) is 0 Å². The van der Waals surface area contributed by atoms with E-state index < -0.39 is 0 Å². The summed E-state index contributed by atoms with van der Waals surface area (Å²) in [5, 5.41) is 0. The average molecular weight is 180 g/mol. The molecule has 0 bridgehead atoms. The third-order valence-electron chi connectivity index (χ3n) is 3.32. The molecule has 0 aliphatic heterocycles. The van der Waals surface area contributed by atoms with Crippen LogP contribution in [0.25, 0.3) is 0 Å². The van der Waals surface area contributed by atoms with Crippen LogP contribution < -0.4 is 0 Å². The molecular weight excluding hydrogens is 156 g/mol. The van der Waals surface area contributed by atoms with E-state index >= 15 is 0 Å². The third kappa shape index (κ3) is 3.80. The van der Waals surface area contributed by atoms with Gasteiger partial charge in [-0.2, -0.15) is 0 Å². The molecule has 0 N–H and O–H groups in total. The van der Waals surface area contributed by atoms with Crippen molar-refractivity contribution in [2.45, 2.75) is 48.0 Å². The van der Waals surface area contributed by atoms with Crippen LogP contribution >= 0.6 is 0 Å². The Bertz CT molecular complexity index is 194. The summed E-state index contributed by atoms with van der Waals surface area (Å²) in [6, 6.07) is 0. The molecule has 0 heteroatoms. The molecule has 0 saturated heterocycles. The van der Waals surface area contributed by atoms with Crippen molar-refractivity contribution >= 4 is 0 Å². The minimum Gasteiger partial charge on any atom is -0.0877 e. The normalized spacial score (nSPS) is 16.6. The summed E-state index contributed by atoms with van der Waals surface area (Å²) < 4.78 is 0. The Kier molecular flexibility index (Phi) is 5.05. The van der Waals surface area contributed by atoms with Gasteiger partial charge in [0.1, 0.15) is 0 Å². The SMILES string of the molecule is CC=CC=C(C)C(C)C(C)(C)CC. The molecule has 0 rings (SSSR count). The predicted molar refractivity (Wildman–Crippen MR) is 61.8 cm³/mol. The highest BCUT2D eigenvalue weighted by atomic mass is 14.3. The summed E-state index contributed by atoms with van der Waals surface area (Å²) in [6.07, 6.45) is 7.66. The van der Waals surface area contributed by atoms with E-state index in [0.717, 1.165) is 0 Å². The highest BCUT2D eigenvalue weighted by Crippen LogP contribution is 2.34. The zero-order valence-corrected chi connectivity index (χ0v) is 10.0. The fraction of sp³-hybridized carbons (Fsp3) is 0.692. The molecule has 0 heterocycles. The van der Waals surface area contributed by atoms with Gasteiger partial charge in [-0.1, -0.05) is 57.9 Å². The first-order chi connectivity index (χ1) is 5.95. The predicted octanol–water partition coefficient (Wildman–Crippen LogP) is 4.58. The minimum absolute atomic E-state index is 0.419. The van der Waals surface area contributed by atoms with Crippen molar-refractivity contribution in [3.05, 3.63) is 23.8 Å². The number of allylic oxidation sites excluding steroid dienone is 4. The maximum Gasteiger partial charge on any atom is -0.0180 e. The molecule has 0 fully saturated rings. The van der Waals surface area contributed by atoms with Gasteiger partial charge >= 0.3 is 0 Å². The summed E-state index contributed by atoms with van der Waals surface area (Å²) in [7, 11) is 0. The van der Waals surface area contributed by atoms with Gasteiger partial charge in [-0.25, -0.2) is 0 Å². The Balaban J connectivity index is 4.50. The number of hydrogen-bond donors (Lipinski definition) is 0. The topological polar surface area (TPSA) is 0 Å². The van der Waals surface area contributed by atoms with E-state index in [9.17, 15) is 0 Å². The number of rotatable bonds is 4. The largest absolute Gasteiger partial charge is 0.0877 e. The molecule has 0 aromatic rings. The van der Waals surface area contributed by atoms with Crippen LogP contribution in [0.15, 0.2) is 23.8 Å². The Morgan fingerprint density at radius 3 is 2.31 bits per heavy atom. The lowest BCUT2D eigenvalue weighted by Gasteiger charge is -2.31. The summed E-state index contributed by atoms with van der Waals surface area (Å²) in [5.41, 5.74) is 1.90. The van der Waals surface area contributed by atoms with Crippen molar-refractivity contribution in [3.63, 3.8) is 0 Å². The van der Waals surface area contributed by atoms with Crippen LogP contribution in [0.1, 0.15) is 48.0 Å². The van der Waals surface area contributed by atoms with Crippen LogP contribution in [0.3, 0.4) is 0 Å². The third-order valence-corrected chi connectivity index (χ3v) is 3.32. The standard InChI is InChI=1S/C13H24/c1-7-9-10-11(3)12(4)13(5,6)8-2/h7,9-10,12H,8H2,1-6H3. The zero-order valence-electron chi connectivity index (χ0n) is 10.0. The molecule has 1 atom stereocenters. The molecule has 0 aromatic heterocycles. The van der Waals surface area contributed by atoms with Crippen molar-refractivity contribution in [1.29, 1.82) is 0 Å². The Morgan fingerprint density at radius 1 is 1.38 bits per heavy atom. The summed E-state index contributed by atoms with van der Waals surface area (Å²) in [5.74, 6) is 0.661. The quantitative estimate of drug-likeness (QED) is 0.555. The van der Waals surface area contributed by atoms with Crippen LogP contribution in [0.2, 0.25) is 0 Å². The molecule has 0 saturated carbocycles. The van der Waals surface area contributed by atoms with Gasteiger partial charge in [0.2, 0.25) is 0 Å². The molecule has 0 spiro atoms. The fourth-order valence-electron chi connectivity index (χ4n) is 1.31. The Hall–Kier alpha value is -0.520. The van der Waals surface area contributed by atoms with Crippen molar-refractivity contribution in [2.75, 3.05) is 0 Å². The van der Waals surface area contributed by atoms with E-state index in [4.69, 9.17) is 0 Å². The zero-order chi connectivity index (χ0) is 10.5. The smallest absolute Gasteiger partial charge is 0.0180 e. The van der Waals surface area contributed by atoms with Crippen LogP contribution in [-0.4, -0.2) is 0 Å². The number of hydrogen-bond acceptors (Lipinski definition) is 0. The van der Waals surface area contributed by atoms with E-state index in [0.29, 0.717) is 11.3 Å².